The molecule has 3 rings (SSSR count). The minimum atomic E-state index is -0.323. The summed E-state index contributed by atoms with van der Waals surface area (Å²) in [5.74, 6) is 0.739. The Morgan fingerprint density at radius 3 is 2.28 bits per heavy atom. The van der Waals surface area contributed by atoms with E-state index in [4.69, 9.17) is 21.1 Å². The second-order valence-electron chi connectivity index (χ2n) is 4.97. The van der Waals surface area contributed by atoms with Crippen molar-refractivity contribution in [1.29, 1.82) is 0 Å². The van der Waals surface area contributed by atoms with Crippen LogP contribution in [0.3, 0.4) is 0 Å². The summed E-state index contributed by atoms with van der Waals surface area (Å²) in [6.07, 6.45) is 0. The smallest absolute Gasteiger partial charge is 0.257 e. The van der Waals surface area contributed by atoms with Gasteiger partial charge in [0.15, 0.2) is 0 Å². The molecule has 0 radical (unpaired) electrons. The monoisotopic (exact) mass is 375 g/mol. The van der Waals surface area contributed by atoms with Crippen molar-refractivity contribution in [2.45, 2.75) is 0 Å². The fourth-order valence-electron chi connectivity index (χ4n) is 2.09. The SMILES string of the molecule is COc1cc(OC)cc(C(=O)Nc2nnc(-c3ccc(Cl)cc3)s2)c1. The third-order valence-electron chi connectivity index (χ3n) is 3.35. The first-order valence-corrected chi connectivity index (χ1v) is 8.42. The molecule has 0 aliphatic carbocycles. The largest absolute Gasteiger partial charge is 0.497 e. The molecule has 6 nitrogen and oxygen atoms in total. The zero-order valence-electron chi connectivity index (χ0n) is 13.4. The Hall–Kier alpha value is -2.64. The number of hydrogen-bond donors (Lipinski definition) is 1. The molecule has 0 bridgehead atoms. The molecule has 0 spiro atoms. The highest BCUT2D eigenvalue weighted by Crippen LogP contribution is 2.28. The molecule has 1 amide bonds. The predicted octanol–water partition coefficient (Wildman–Crippen LogP) is 4.13. The Morgan fingerprint density at radius 2 is 1.68 bits per heavy atom. The molecular formula is C17H14ClN3O3S. The van der Waals surface area contributed by atoms with Crippen LogP contribution in [0, 0.1) is 0 Å². The van der Waals surface area contributed by atoms with E-state index in [1.807, 2.05) is 12.1 Å². The number of carbonyl (C=O) groups excluding carboxylic acids is 1. The van der Waals surface area contributed by atoms with Gasteiger partial charge in [0.25, 0.3) is 5.91 Å². The number of methoxy groups -OCH3 is 2. The molecule has 0 atom stereocenters. The molecule has 25 heavy (non-hydrogen) atoms. The van der Waals surface area contributed by atoms with Crippen molar-refractivity contribution >= 4 is 34.0 Å². The summed E-state index contributed by atoms with van der Waals surface area (Å²) in [4.78, 5) is 12.4. The topological polar surface area (TPSA) is 73.3 Å². The maximum atomic E-state index is 12.4. The number of rotatable bonds is 5. The number of hydrogen-bond acceptors (Lipinski definition) is 6. The summed E-state index contributed by atoms with van der Waals surface area (Å²) >= 11 is 7.16. The summed E-state index contributed by atoms with van der Waals surface area (Å²) in [7, 11) is 3.05. The average Bonchev–Trinajstić information content (AvgIpc) is 3.10. The fourth-order valence-corrected chi connectivity index (χ4v) is 2.96. The first-order chi connectivity index (χ1) is 12.1. The van der Waals surface area contributed by atoms with Crippen LogP contribution in [0.5, 0.6) is 11.5 Å². The molecular weight excluding hydrogens is 362 g/mol. The molecule has 0 aliphatic rings. The number of halogens is 1. The number of nitrogens with one attached hydrogen (secondary N) is 1. The lowest BCUT2D eigenvalue weighted by atomic mass is 10.2. The molecule has 2 aromatic carbocycles. The van der Waals surface area contributed by atoms with Crippen LogP contribution in [0.15, 0.2) is 42.5 Å². The first-order valence-electron chi connectivity index (χ1n) is 7.23. The molecule has 3 aromatic rings. The minimum absolute atomic E-state index is 0.323. The van der Waals surface area contributed by atoms with Crippen LogP contribution in [0.2, 0.25) is 5.02 Å². The van der Waals surface area contributed by atoms with Gasteiger partial charge in [-0.1, -0.05) is 35.1 Å². The Kier molecular flexibility index (Phi) is 5.16. The number of carbonyl (C=O) groups is 1. The van der Waals surface area contributed by atoms with Crippen molar-refractivity contribution in [2.75, 3.05) is 19.5 Å². The van der Waals surface area contributed by atoms with E-state index in [-0.39, 0.29) is 5.91 Å². The molecule has 0 saturated carbocycles. The van der Waals surface area contributed by atoms with Crippen LogP contribution in [0.25, 0.3) is 10.6 Å². The maximum absolute atomic E-state index is 12.4. The molecule has 1 heterocycles. The van der Waals surface area contributed by atoms with Gasteiger partial charge in [0.2, 0.25) is 5.13 Å². The number of aromatic nitrogens is 2. The molecule has 1 N–H and O–H groups in total. The van der Waals surface area contributed by atoms with E-state index in [1.165, 1.54) is 25.6 Å². The summed E-state index contributed by atoms with van der Waals surface area (Å²) in [6.45, 7) is 0. The lowest BCUT2D eigenvalue weighted by Gasteiger charge is -2.07. The molecule has 0 unspecified atom stereocenters. The average molecular weight is 376 g/mol. The number of ether oxygens (including phenoxy) is 2. The van der Waals surface area contributed by atoms with Crippen molar-refractivity contribution in [1.82, 2.24) is 10.2 Å². The first kappa shape index (κ1) is 17.2. The van der Waals surface area contributed by atoms with Crippen molar-refractivity contribution in [3.8, 4) is 22.1 Å². The Bertz CT molecular complexity index is 874. The van der Waals surface area contributed by atoms with Crippen molar-refractivity contribution in [3.63, 3.8) is 0 Å². The number of amides is 1. The fraction of sp³-hybridized carbons (Fsp3) is 0.118. The Balaban J connectivity index is 1.79. The maximum Gasteiger partial charge on any atom is 0.257 e. The molecule has 1 aromatic heterocycles. The number of benzene rings is 2. The number of anilines is 1. The summed E-state index contributed by atoms with van der Waals surface area (Å²) in [5, 5.41) is 12.6. The Morgan fingerprint density at radius 1 is 1.04 bits per heavy atom. The van der Waals surface area contributed by atoms with Crippen molar-refractivity contribution in [3.05, 3.63) is 53.1 Å². The third-order valence-corrected chi connectivity index (χ3v) is 4.49. The highest BCUT2D eigenvalue weighted by Gasteiger charge is 2.13. The van der Waals surface area contributed by atoms with E-state index < -0.39 is 0 Å². The van der Waals surface area contributed by atoms with E-state index in [9.17, 15) is 4.79 Å². The standard InChI is InChI=1S/C17H14ClN3O3S/c1-23-13-7-11(8-14(9-13)24-2)15(22)19-17-21-20-16(25-17)10-3-5-12(18)6-4-10/h3-9H,1-2H3,(H,19,21,22). The van der Waals surface area contributed by atoms with Gasteiger partial charge in [-0.15, -0.1) is 10.2 Å². The number of nitrogens with zero attached hydrogens (tertiary/aromatic N) is 2. The van der Waals surface area contributed by atoms with Gasteiger partial charge in [0, 0.05) is 22.2 Å². The van der Waals surface area contributed by atoms with E-state index in [2.05, 4.69) is 15.5 Å². The summed E-state index contributed by atoms with van der Waals surface area (Å²) in [5.41, 5.74) is 1.28. The highest BCUT2D eigenvalue weighted by atomic mass is 35.5. The van der Waals surface area contributed by atoms with Gasteiger partial charge in [0.05, 0.1) is 14.2 Å². The highest BCUT2D eigenvalue weighted by molar-refractivity contribution is 7.18. The van der Waals surface area contributed by atoms with Crippen LogP contribution in [-0.4, -0.2) is 30.3 Å². The van der Waals surface area contributed by atoms with Gasteiger partial charge in [-0.05, 0) is 24.3 Å². The molecule has 128 valence electrons. The van der Waals surface area contributed by atoms with Gasteiger partial charge >= 0.3 is 0 Å². The lowest BCUT2D eigenvalue weighted by molar-refractivity contribution is 0.102. The summed E-state index contributed by atoms with van der Waals surface area (Å²) in [6, 6.07) is 12.2. The zero-order valence-corrected chi connectivity index (χ0v) is 15.0. The van der Waals surface area contributed by atoms with Crippen LogP contribution >= 0.6 is 22.9 Å². The molecule has 0 saturated heterocycles. The third kappa shape index (κ3) is 4.07. The van der Waals surface area contributed by atoms with E-state index in [0.717, 1.165) is 5.56 Å². The van der Waals surface area contributed by atoms with E-state index >= 15 is 0 Å². The normalized spacial score (nSPS) is 10.4. The summed E-state index contributed by atoms with van der Waals surface area (Å²) < 4.78 is 10.3. The second-order valence-corrected chi connectivity index (χ2v) is 6.39. The lowest BCUT2D eigenvalue weighted by Crippen LogP contribution is -2.12. The Labute approximate surface area is 153 Å². The van der Waals surface area contributed by atoms with Crippen LogP contribution in [-0.2, 0) is 0 Å². The minimum Gasteiger partial charge on any atom is -0.497 e. The molecule has 0 fully saturated rings. The second kappa shape index (κ2) is 7.50. The predicted molar refractivity (Wildman–Crippen MR) is 97.9 cm³/mol. The molecule has 0 aliphatic heterocycles. The van der Waals surface area contributed by atoms with Crippen molar-refractivity contribution < 1.29 is 14.3 Å². The van der Waals surface area contributed by atoms with Crippen LogP contribution in [0.4, 0.5) is 5.13 Å². The van der Waals surface area contributed by atoms with Gasteiger partial charge in [-0.25, -0.2) is 0 Å². The van der Waals surface area contributed by atoms with Gasteiger partial charge in [0.1, 0.15) is 16.5 Å². The van der Waals surface area contributed by atoms with E-state index in [0.29, 0.717) is 32.2 Å². The van der Waals surface area contributed by atoms with Gasteiger partial charge in [-0.3, -0.25) is 10.1 Å². The van der Waals surface area contributed by atoms with Gasteiger partial charge in [-0.2, -0.15) is 0 Å². The van der Waals surface area contributed by atoms with Gasteiger partial charge < -0.3 is 9.47 Å². The molecule has 8 heteroatoms. The van der Waals surface area contributed by atoms with Crippen LogP contribution in [0.1, 0.15) is 10.4 Å². The van der Waals surface area contributed by atoms with E-state index in [1.54, 1.807) is 30.3 Å². The quantitative estimate of drug-likeness (QED) is 0.725. The van der Waals surface area contributed by atoms with Crippen LogP contribution < -0.4 is 14.8 Å². The zero-order chi connectivity index (χ0) is 17.8. The van der Waals surface area contributed by atoms with Crippen molar-refractivity contribution in [2.24, 2.45) is 0 Å².